The van der Waals surface area contributed by atoms with Crippen molar-refractivity contribution in [3.8, 4) is 0 Å². The van der Waals surface area contributed by atoms with Gasteiger partial charge in [-0.15, -0.1) is 0 Å². The number of carbonyl (C=O) groups is 4. The second-order valence-electron chi connectivity index (χ2n) is 32.0. The largest absolute Gasteiger partial charge is 0.397 e. The predicted molar refractivity (Wildman–Crippen MR) is 395 cm³/mol. The lowest BCUT2D eigenvalue weighted by atomic mass is 9.93. The fourth-order valence-electron chi connectivity index (χ4n) is 16.2. The Bertz CT molecular complexity index is 3850. The van der Waals surface area contributed by atoms with E-state index in [-0.39, 0.29) is 0 Å². The van der Waals surface area contributed by atoms with Crippen LogP contribution in [0.15, 0.2) is 0 Å². The molecular weight excluding hydrogens is 1830 g/mol. The van der Waals surface area contributed by atoms with Gasteiger partial charge in [0, 0.05) is 27.7 Å². The summed E-state index contributed by atoms with van der Waals surface area (Å²) in [6, 6.07) is -8.15. The molecule has 0 saturated carbocycles. The summed E-state index contributed by atoms with van der Waals surface area (Å²) in [4.78, 5) is 52.1. The van der Waals surface area contributed by atoms with Crippen LogP contribution in [0.4, 0.5) is 0 Å². The minimum atomic E-state index is -5.67. The number of nitrogens with one attached hydrogen (secondary N) is 4. The van der Waals surface area contributed by atoms with Gasteiger partial charge in [0.25, 0.3) is 0 Å². The number of rotatable bonds is 35. The second-order valence-corrected chi connectivity index (χ2v) is 34.2. The van der Waals surface area contributed by atoms with Crippen molar-refractivity contribution in [3.05, 3.63) is 0 Å². The van der Waals surface area contributed by atoms with E-state index in [2.05, 4.69) is 25.5 Å². The van der Waals surface area contributed by atoms with Crippen LogP contribution in [0.3, 0.4) is 0 Å². The standard InChI is InChI=1S/C68H114N4O56S2/c1-15-33(83)42(92)47(97)63(111-15)125-55-32(72-19(5)82)62(120-28(14-110-130(105,106)107)54(55)124-65-49(99)44(94)35(85)21(7-74)114-65)128-58-46(96)37(87)23(9-76)116-68(58)126-56-38(88)26(118-66(50(56)100)122-52-25(11-78)117-60(30(40(52)90)70-17(3)80)121-51-24(10-77)112-59(101)29(39(51)89)69-16(2)79)12-108-67-57(45(95)36(86)22(8-75)115-67)127-61-31(71-18(4)81)41(91)53(27(119-61)13-109-129(102,103)104)123-64-48(98)43(93)34(84)20(6-73)113-64/h15,20-68,73-78,83-101H,6-14H2,1-5H3,(H,69,79)(H,70,80)(H,71,81)(H,72,82)(H,102,103,104)(H,105,106,107)/t15-,20+,21+,22+,23+,24+,25+,26+,27+,28+,29+,30+,31+,32+,33+,34-,35-,36+,37+,38+,39+,40+,41+,42+,43-,44-,45-,46-,47-,48+,49+,50-,51+,52+,53+,54+,55+,56-,57-,58-,59+,60-,61-,62-,63-,64-,65-,66-,67-,68+/m0/s1. The van der Waals surface area contributed by atoms with Crippen molar-refractivity contribution in [1.29, 1.82) is 0 Å². The Morgan fingerprint density at radius 3 is 0.985 bits per heavy atom. The highest BCUT2D eigenvalue weighted by Crippen LogP contribution is 2.42. The predicted octanol–water partition coefficient (Wildman–Crippen LogP) is -21.5. The molecule has 10 aliphatic rings. The van der Waals surface area contributed by atoms with Crippen LogP contribution < -0.4 is 21.3 Å². The molecule has 10 rings (SSSR count). The van der Waals surface area contributed by atoms with Crippen LogP contribution >= 0.6 is 0 Å². The van der Waals surface area contributed by atoms with Gasteiger partial charge in [0.05, 0.1) is 65.6 Å². The molecule has 0 radical (unpaired) electrons. The first kappa shape index (κ1) is 108. The lowest BCUT2D eigenvalue weighted by Gasteiger charge is -2.52. The Morgan fingerprint density at radius 2 is 0.546 bits per heavy atom. The van der Waals surface area contributed by atoms with E-state index >= 15 is 0 Å². The smallest absolute Gasteiger partial charge is 0.394 e. The number of hydrogen-bond donors (Lipinski definition) is 31. The summed E-state index contributed by atoms with van der Waals surface area (Å²) in [7, 11) is -11.2. The SMILES string of the molecule is CC(=O)N[C@@H]1[C@@H](O)[C@H](O[C@@H]2O[C@H](CO)[C@@H](O[C@@H]3O[C@H](CO[C@H]4O[C@H](CO)[C@@H](O)[C@H](O)[C@@H]4O[C@@H]4O[C@H](COS(=O)(=O)O)[C@@H](O[C@@H]5O[C@H](CO)[C@H](O)[C@H](O)[C@H]5O)[C@H](O)[C@H]4NC(C)=O)[C@@H](O)[C@H](O[C@H]4O[C@H](CO)[C@@H](O)[C@H](O)[C@@H]4O[C@@H]4O[C@H](COS(=O)(=O)O)[C@@H](O[C@@H]5O[C@H](CO)[C@H](O)[C@H](O)[C@H]5O)[C@H](O[C@@H]5O[C@@H](C)[C@@H](O)[C@@H](O)[C@@H]5O)[C@H]4NC(C)=O)[C@@H]3O)[C@H](O)[C@H]2NC(C)=O)[C@@H](CO)O[C@H]1O. The third-order valence-electron chi connectivity index (χ3n) is 22.8. The van der Waals surface area contributed by atoms with Gasteiger partial charge in [0.15, 0.2) is 62.9 Å². The number of amides is 4. The fourth-order valence-corrected chi connectivity index (χ4v) is 16.8. The van der Waals surface area contributed by atoms with Gasteiger partial charge in [-0.2, -0.15) is 16.8 Å². The maximum atomic E-state index is 13.6. The highest BCUT2D eigenvalue weighted by atomic mass is 32.3. The first-order valence-electron chi connectivity index (χ1n) is 40.3. The maximum Gasteiger partial charge on any atom is 0.397 e. The minimum Gasteiger partial charge on any atom is -0.394 e. The lowest BCUT2D eigenvalue weighted by molar-refractivity contribution is -0.403. The molecular formula is C68H114N4O56S2. The van der Waals surface area contributed by atoms with Crippen molar-refractivity contribution >= 4 is 44.4 Å². The summed E-state index contributed by atoms with van der Waals surface area (Å²) >= 11 is 0. The van der Waals surface area contributed by atoms with E-state index in [1.807, 2.05) is 0 Å². The van der Waals surface area contributed by atoms with Crippen LogP contribution in [-0.2, 0) is 138 Å². The zero-order valence-corrected chi connectivity index (χ0v) is 70.6. The van der Waals surface area contributed by atoms with Gasteiger partial charge in [-0.3, -0.25) is 28.3 Å². The zero-order chi connectivity index (χ0) is 96.2. The van der Waals surface area contributed by atoms with E-state index < -0.39 is 411 Å². The molecule has 0 aromatic rings. The topological polar surface area (TPSA) is 925 Å². The van der Waals surface area contributed by atoms with Crippen LogP contribution in [0.1, 0.15) is 34.6 Å². The Kier molecular flexibility index (Phi) is 38.3. The van der Waals surface area contributed by atoms with Crippen molar-refractivity contribution in [2.24, 2.45) is 0 Å². The van der Waals surface area contributed by atoms with Crippen molar-refractivity contribution in [1.82, 2.24) is 21.3 Å². The Morgan fingerprint density at radius 1 is 0.254 bits per heavy atom. The molecule has 50 atom stereocenters. The average Bonchev–Trinajstić information content (AvgIpc) is 0.737. The average molecular weight is 1950 g/mol. The molecule has 0 aliphatic carbocycles. The normalized spacial score (nSPS) is 47.6. The third-order valence-corrected chi connectivity index (χ3v) is 23.7. The van der Waals surface area contributed by atoms with E-state index in [0.717, 1.165) is 34.6 Å². The summed E-state index contributed by atoms with van der Waals surface area (Å²) in [5, 5.41) is 291. The fraction of sp³-hybridized carbons (Fsp3) is 0.941. The van der Waals surface area contributed by atoms with Crippen LogP contribution in [-0.4, -0.2) is 544 Å². The molecule has 0 aromatic heterocycles. The summed E-state index contributed by atoms with van der Waals surface area (Å²) < 4.78 is 192. The number of aliphatic hydroxyl groups excluding tert-OH is 25. The Labute approximate surface area is 735 Å². The molecule has 0 aromatic carbocycles. The van der Waals surface area contributed by atoms with Gasteiger partial charge in [-0.1, -0.05) is 0 Å². The van der Waals surface area contributed by atoms with Gasteiger partial charge in [-0.05, 0) is 6.92 Å². The number of carbonyl (C=O) groups excluding carboxylic acids is 4. The second kappa shape index (κ2) is 46.1. The summed E-state index contributed by atoms with van der Waals surface area (Å²) in [6.45, 7) is -6.81. The molecule has 10 fully saturated rings. The van der Waals surface area contributed by atoms with Crippen LogP contribution in [0.5, 0.6) is 0 Å². The van der Waals surface area contributed by atoms with E-state index in [1.54, 1.807) is 0 Å². The van der Waals surface area contributed by atoms with E-state index in [1.165, 1.54) is 0 Å². The number of hydrogen-bond acceptors (Lipinski definition) is 54. The van der Waals surface area contributed by atoms with Gasteiger partial charge < -0.3 is 239 Å². The minimum absolute atomic E-state index is 0.812. The molecule has 0 bridgehead atoms. The molecule has 0 spiro atoms. The third kappa shape index (κ3) is 25.1. The molecule has 754 valence electrons. The highest BCUT2D eigenvalue weighted by molar-refractivity contribution is 7.81. The van der Waals surface area contributed by atoms with E-state index in [0.29, 0.717) is 0 Å². The van der Waals surface area contributed by atoms with Crippen LogP contribution in [0, 0.1) is 0 Å². The molecule has 31 N–H and O–H groups in total. The van der Waals surface area contributed by atoms with Crippen LogP contribution in [0.2, 0.25) is 0 Å². The first-order valence-corrected chi connectivity index (χ1v) is 43.0. The lowest BCUT2D eigenvalue weighted by Crippen LogP contribution is -2.71. The van der Waals surface area contributed by atoms with E-state index in [9.17, 15) is 173 Å². The summed E-state index contributed by atoms with van der Waals surface area (Å²) in [6.07, 6.45) is -104. The van der Waals surface area contributed by atoms with Gasteiger partial charge in [-0.25, -0.2) is 8.37 Å². The van der Waals surface area contributed by atoms with Gasteiger partial charge in [0.2, 0.25) is 23.6 Å². The summed E-state index contributed by atoms with van der Waals surface area (Å²) in [5.41, 5.74) is 0. The van der Waals surface area contributed by atoms with Crippen molar-refractivity contribution in [2.45, 2.75) is 341 Å². The quantitative estimate of drug-likeness (QED) is 0.0262. The number of ether oxygens (including phenoxy) is 19. The van der Waals surface area contributed by atoms with Crippen LogP contribution in [0.25, 0.3) is 0 Å². The molecule has 60 nitrogen and oxygen atoms in total. The van der Waals surface area contributed by atoms with Gasteiger partial charge >= 0.3 is 20.8 Å². The van der Waals surface area contributed by atoms with E-state index in [4.69, 9.17) is 94.2 Å². The molecule has 10 aliphatic heterocycles. The van der Waals surface area contributed by atoms with Crippen molar-refractivity contribution in [3.63, 3.8) is 0 Å². The molecule has 10 saturated heterocycles. The summed E-state index contributed by atoms with van der Waals surface area (Å²) in [5.74, 6) is -4.08. The molecule has 10 heterocycles. The molecule has 130 heavy (non-hydrogen) atoms. The van der Waals surface area contributed by atoms with Gasteiger partial charge in [0.1, 0.15) is 238 Å². The first-order chi connectivity index (χ1) is 61.0. The Balaban J connectivity index is 1.05. The Hall–Kier alpha value is -4.14. The van der Waals surface area contributed by atoms with Crippen molar-refractivity contribution in [2.75, 3.05) is 59.5 Å². The molecule has 62 heteroatoms. The molecule has 0 unspecified atom stereocenters. The maximum absolute atomic E-state index is 13.6. The highest BCUT2D eigenvalue weighted by Gasteiger charge is 2.63. The number of aliphatic hydroxyl groups is 25. The molecule has 4 amide bonds. The van der Waals surface area contributed by atoms with Crippen molar-refractivity contribution < 1.29 is 271 Å². The monoisotopic (exact) mass is 1950 g/mol. The zero-order valence-electron chi connectivity index (χ0n) is 69.0.